The average Bonchev–Trinajstić information content (AvgIpc) is 2.61. The second kappa shape index (κ2) is 7.94. The Hall–Kier alpha value is -1.64. The Labute approximate surface area is 157 Å². The molecule has 3 rings (SSSR count). The highest BCUT2D eigenvalue weighted by Crippen LogP contribution is 2.37. The Bertz CT molecular complexity index is 685. The number of hydrogen-bond acceptors (Lipinski definition) is 5. The Kier molecular flexibility index (Phi) is 5.84. The predicted octanol–water partition coefficient (Wildman–Crippen LogP) is 3.79. The number of fused-ring (bicyclic) bond motifs is 1. The van der Waals surface area contributed by atoms with E-state index < -0.39 is 0 Å². The molecule has 1 aromatic rings. The summed E-state index contributed by atoms with van der Waals surface area (Å²) >= 11 is 0. The van der Waals surface area contributed by atoms with Crippen molar-refractivity contribution in [1.29, 1.82) is 5.26 Å². The van der Waals surface area contributed by atoms with E-state index in [1.165, 1.54) is 19.3 Å². The van der Waals surface area contributed by atoms with Crippen LogP contribution in [0.4, 0.5) is 0 Å². The number of pyridine rings is 1. The van der Waals surface area contributed by atoms with Gasteiger partial charge in [-0.2, -0.15) is 5.26 Å². The van der Waals surface area contributed by atoms with Gasteiger partial charge in [0.05, 0.1) is 17.9 Å². The zero-order valence-electron chi connectivity index (χ0n) is 16.6. The Balaban J connectivity index is 1.84. The van der Waals surface area contributed by atoms with Crippen molar-refractivity contribution in [3.8, 4) is 11.9 Å². The van der Waals surface area contributed by atoms with Gasteiger partial charge in [0.15, 0.2) is 0 Å². The maximum absolute atomic E-state index is 9.80. The summed E-state index contributed by atoms with van der Waals surface area (Å²) in [6, 6.07) is 2.36. The fourth-order valence-corrected chi connectivity index (χ4v) is 3.92. The molecule has 5 heteroatoms. The normalized spacial score (nSPS) is 19.8. The summed E-state index contributed by atoms with van der Waals surface area (Å²) in [7, 11) is 0. The largest absolute Gasteiger partial charge is 0.475 e. The van der Waals surface area contributed by atoms with Gasteiger partial charge in [-0.15, -0.1) is 0 Å². The highest BCUT2D eigenvalue weighted by Gasteiger charge is 2.32. The summed E-state index contributed by atoms with van der Waals surface area (Å²) in [4.78, 5) is 7.18. The molecular formula is C21H31N3O2. The Morgan fingerprint density at radius 2 is 1.96 bits per heavy atom. The second-order valence-electron chi connectivity index (χ2n) is 8.38. The van der Waals surface area contributed by atoms with Crippen LogP contribution >= 0.6 is 0 Å². The van der Waals surface area contributed by atoms with Crippen LogP contribution in [0.15, 0.2) is 0 Å². The summed E-state index contributed by atoms with van der Waals surface area (Å²) in [5, 5.41) is 9.80. The number of aromatic nitrogens is 1. The van der Waals surface area contributed by atoms with Crippen molar-refractivity contribution in [2.75, 3.05) is 26.2 Å². The third-order valence-corrected chi connectivity index (χ3v) is 5.37. The Morgan fingerprint density at radius 3 is 2.62 bits per heavy atom. The first-order chi connectivity index (χ1) is 12.4. The van der Waals surface area contributed by atoms with E-state index in [1.807, 2.05) is 0 Å². The van der Waals surface area contributed by atoms with Gasteiger partial charge >= 0.3 is 0 Å². The van der Waals surface area contributed by atoms with Gasteiger partial charge in [-0.05, 0) is 51.3 Å². The smallest absolute Gasteiger partial charge is 0.232 e. The highest BCUT2D eigenvalue weighted by molar-refractivity contribution is 5.52. The lowest BCUT2D eigenvalue weighted by molar-refractivity contribution is -0.0409. The first-order valence-corrected chi connectivity index (χ1v) is 9.86. The Morgan fingerprint density at radius 1 is 1.23 bits per heavy atom. The number of rotatable bonds is 5. The number of likely N-dealkylation sites (tertiary alicyclic amines) is 1. The van der Waals surface area contributed by atoms with E-state index in [4.69, 9.17) is 14.5 Å². The van der Waals surface area contributed by atoms with Crippen LogP contribution in [0, 0.1) is 11.3 Å². The van der Waals surface area contributed by atoms with Gasteiger partial charge in [0.2, 0.25) is 5.88 Å². The second-order valence-corrected chi connectivity index (χ2v) is 8.38. The van der Waals surface area contributed by atoms with Crippen LogP contribution in [0.5, 0.6) is 5.88 Å². The van der Waals surface area contributed by atoms with Crippen LogP contribution < -0.4 is 4.74 Å². The summed E-state index contributed by atoms with van der Waals surface area (Å²) in [5.41, 5.74) is 3.48. The molecule has 1 aromatic heterocycles. The van der Waals surface area contributed by atoms with Crippen molar-refractivity contribution in [2.45, 2.75) is 71.5 Å². The highest BCUT2D eigenvalue weighted by atomic mass is 16.5. The molecule has 1 saturated heterocycles. The van der Waals surface area contributed by atoms with Crippen LogP contribution in [-0.4, -0.2) is 41.7 Å². The molecule has 0 spiro atoms. The van der Waals surface area contributed by atoms with E-state index in [9.17, 15) is 5.26 Å². The lowest BCUT2D eigenvalue weighted by atomic mass is 9.86. The maximum Gasteiger partial charge on any atom is 0.232 e. The molecule has 0 atom stereocenters. The summed E-state index contributed by atoms with van der Waals surface area (Å²) in [5.74, 6) is 0.774. The molecule has 0 bridgehead atoms. The van der Waals surface area contributed by atoms with E-state index >= 15 is 0 Å². The average molecular weight is 357 g/mol. The molecule has 0 amide bonds. The van der Waals surface area contributed by atoms with Crippen LogP contribution in [0.1, 0.15) is 75.3 Å². The van der Waals surface area contributed by atoms with Gasteiger partial charge in [0.25, 0.3) is 0 Å². The van der Waals surface area contributed by atoms with E-state index in [1.54, 1.807) is 0 Å². The minimum absolute atomic E-state index is 0.265. The summed E-state index contributed by atoms with van der Waals surface area (Å²) < 4.78 is 12.0. The SMILES string of the molecule is CC(C)c1nc(OCCN2CCCCC2)c(C#N)c2c1COC(C)(C)C2. The minimum Gasteiger partial charge on any atom is -0.475 e. The van der Waals surface area contributed by atoms with Crippen molar-refractivity contribution >= 4 is 0 Å². The molecule has 0 aromatic carbocycles. The van der Waals surface area contributed by atoms with E-state index in [-0.39, 0.29) is 11.5 Å². The third kappa shape index (κ3) is 4.19. The molecule has 3 heterocycles. The molecule has 2 aliphatic heterocycles. The molecule has 2 aliphatic rings. The van der Waals surface area contributed by atoms with E-state index in [2.05, 4.69) is 38.7 Å². The lowest BCUT2D eigenvalue weighted by Gasteiger charge is -2.34. The fraction of sp³-hybridized carbons (Fsp3) is 0.714. The van der Waals surface area contributed by atoms with E-state index in [0.717, 1.165) is 42.9 Å². The molecule has 0 unspecified atom stereocenters. The summed E-state index contributed by atoms with van der Waals surface area (Å²) in [6.07, 6.45) is 4.59. The number of nitrogens with zero attached hydrogens (tertiary/aromatic N) is 3. The molecule has 26 heavy (non-hydrogen) atoms. The van der Waals surface area contributed by atoms with Crippen LogP contribution in [0.2, 0.25) is 0 Å². The van der Waals surface area contributed by atoms with Crippen molar-refractivity contribution < 1.29 is 9.47 Å². The first kappa shape index (κ1) is 19.1. The fourth-order valence-electron chi connectivity index (χ4n) is 3.92. The van der Waals surface area contributed by atoms with Crippen LogP contribution in [-0.2, 0) is 17.8 Å². The van der Waals surface area contributed by atoms with Gasteiger partial charge in [0, 0.05) is 18.5 Å². The van der Waals surface area contributed by atoms with Crippen molar-refractivity contribution in [3.63, 3.8) is 0 Å². The predicted molar refractivity (Wildman–Crippen MR) is 101 cm³/mol. The van der Waals surface area contributed by atoms with Gasteiger partial charge in [-0.25, -0.2) is 4.98 Å². The van der Waals surface area contributed by atoms with Gasteiger partial charge in [-0.1, -0.05) is 20.3 Å². The first-order valence-electron chi connectivity index (χ1n) is 9.86. The zero-order chi connectivity index (χ0) is 18.7. The third-order valence-electron chi connectivity index (χ3n) is 5.37. The molecule has 142 valence electrons. The molecule has 0 N–H and O–H groups in total. The number of nitriles is 1. The van der Waals surface area contributed by atoms with Crippen molar-refractivity contribution in [2.24, 2.45) is 0 Å². The minimum atomic E-state index is -0.265. The standard InChI is InChI=1S/C21H31N3O2/c1-15(2)19-18-14-26-21(3,4)12-16(18)17(13-22)20(23-19)25-11-10-24-8-6-5-7-9-24/h15H,5-12,14H2,1-4H3. The molecule has 0 saturated carbocycles. The number of hydrogen-bond donors (Lipinski definition) is 0. The molecule has 0 aliphatic carbocycles. The molecular weight excluding hydrogens is 326 g/mol. The number of ether oxygens (including phenoxy) is 2. The van der Waals surface area contributed by atoms with Gasteiger partial charge in [0.1, 0.15) is 18.2 Å². The van der Waals surface area contributed by atoms with Crippen molar-refractivity contribution in [1.82, 2.24) is 9.88 Å². The molecule has 1 fully saturated rings. The van der Waals surface area contributed by atoms with E-state index in [0.29, 0.717) is 24.7 Å². The summed E-state index contributed by atoms with van der Waals surface area (Å²) in [6.45, 7) is 12.7. The topological polar surface area (TPSA) is 58.4 Å². The van der Waals surface area contributed by atoms with Gasteiger partial charge in [-0.3, -0.25) is 4.90 Å². The van der Waals surface area contributed by atoms with Crippen LogP contribution in [0.25, 0.3) is 0 Å². The molecule has 5 nitrogen and oxygen atoms in total. The van der Waals surface area contributed by atoms with Crippen molar-refractivity contribution in [3.05, 3.63) is 22.4 Å². The van der Waals surface area contributed by atoms with Crippen LogP contribution in [0.3, 0.4) is 0 Å². The lowest BCUT2D eigenvalue weighted by Crippen LogP contribution is -2.34. The number of piperidine rings is 1. The monoisotopic (exact) mass is 357 g/mol. The quantitative estimate of drug-likeness (QED) is 0.802. The van der Waals surface area contributed by atoms with Gasteiger partial charge < -0.3 is 9.47 Å². The zero-order valence-corrected chi connectivity index (χ0v) is 16.6. The molecule has 0 radical (unpaired) electrons. The maximum atomic E-state index is 9.80.